The lowest BCUT2D eigenvalue weighted by Gasteiger charge is -2.13. The molecule has 1 aliphatic carbocycles. The Hall–Kier alpha value is -0.590. The summed E-state index contributed by atoms with van der Waals surface area (Å²) < 4.78 is 0. The van der Waals surface area contributed by atoms with E-state index in [-0.39, 0.29) is 5.92 Å². The van der Waals surface area contributed by atoms with E-state index in [2.05, 4.69) is 19.9 Å². The van der Waals surface area contributed by atoms with Crippen LogP contribution in [0.2, 0.25) is 0 Å². The molecule has 1 nitrogen and oxygen atoms in total. The molecule has 0 aliphatic heterocycles. The third kappa shape index (κ3) is 3.65. The molecule has 1 rings (SSSR count). The van der Waals surface area contributed by atoms with Gasteiger partial charge in [-0.05, 0) is 51.4 Å². The lowest BCUT2D eigenvalue weighted by molar-refractivity contribution is -0.110. The highest BCUT2D eigenvalue weighted by Gasteiger charge is 2.40. The Kier molecular flexibility index (Phi) is 3.91. The first-order valence-corrected chi connectivity index (χ1v) is 5.67. The van der Waals surface area contributed by atoms with Crippen molar-refractivity contribution < 1.29 is 4.79 Å². The highest BCUT2D eigenvalue weighted by molar-refractivity contribution is 5.52. The summed E-state index contributed by atoms with van der Waals surface area (Å²) in [4.78, 5) is 10.5. The molecule has 0 heterocycles. The van der Waals surface area contributed by atoms with Gasteiger partial charge in [0.05, 0.1) is 0 Å². The second-order valence-corrected chi connectivity index (χ2v) is 5.14. The first-order chi connectivity index (χ1) is 6.58. The SMILES string of the molecule is CC(C)=CCC1(CCC(C)C=O)CC1. The van der Waals surface area contributed by atoms with Gasteiger partial charge in [0.2, 0.25) is 0 Å². The van der Waals surface area contributed by atoms with Crippen LogP contribution in [0.5, 0.6) is 0 Å². The van der Waals surface area contributed by atoms with Crippen molar-refractivity contribution in [1.82, 2.24) is 0 Å². The Bertz CT molecular complexity index is 219. The van der Waals surface area contributed by atoms with E-state index in [4.69, 9.17) is 0 Å². The van der Waals surface area contributed by atoms with Crippen LogP contribution in [0, 0.1) is 11.3 Å². The van der Waals surface area contributed by atoms with Crippen molar-refractivity contribution in [1.29, 1.82) is 0 Å². The van der Waals surface area contributed by atoms with Crippen LogP contribution in [0.4, 0.5) is 0 Å². The van der Waals surface area contributed by atoms with Crippen LogP contribution in [-0.2, 0) is 4.79 Å². The maximum absolute atomic E-state index is 10.5. The van der Waals surface area contributed by atoms with E-state index in [0.717, 1.165) is 12.7 Å². The Balaban J connectivity index is 2.29. The van der Waals surface area contributed by atoms with Gasteiger partial charge in [-0.15, -0.1) is 0 Å². The minimum Gasteiger partial charge on any atom is -0.303 e. The molecule has 14 heavy (non-hydrogen) atoms. The number of carbonyl (C=O) groups is 1. The zero-order chi connectivity index (χ0) is 10.6. The van der Waals surface area contributed by atoms with Crippen LogP contribution in [0.15, 0.2) is 11.6 Å². The second kappa shape index (κ2) is 4.77. The number of hydrogen-bond acceptors (Lipinski definition) is 1. The van der Waals surface area contributed by atoms with Crippen molar-refractivity contribution >= 4 is 6.29 Å². The van der Waals surface area contributed by atoms with Crippen LogP contribution < -0.4 is 0 Å². The minimum absolute atomic E-state index is 0.249. The van der Waals surface area contributed by atoms with E-state index >= 15 is 0 Å². The van der Waals surface area contributed by atoms with Gasteiger partial charge in [0, 0.05) is 5.92 Å². The van der Waals surface area contributed by atoms with Crippen molar-refractivity contribution in [3.05, 3.63) is 11.6 Å². The van der Waals surface area contributed by atoms with Gasteiger partial charge >= 0.3 is 0 Å². The molecule has 0 aromatic rings. The minimum atomic E-state index is 0.249. The summed E-state index contributed by atoms with van der Waals surface area (Å²) in [5.41, 5.74) is 1.99. The van der Waals surface area contributed by atoms with E-state index in [0.29, 0.717) is 5.41 Å². The molecule has 1 aliphatic rings. The van der Waals surface area contributed by atoms with Gasteiger partial charge in [-0.1, -0.05) is 18.6 Å². The molecule has 80 valence electrons. The normalized spacial score (nSPS) is 19.9. The molecule has 0 amide bonds. The average molecular weight is 194 g/mol. The molecule has 0 radical (unpaired) electrons. The van der Waals surface area contributed by atoms with Crippen molar-refractivity contribution in [3.63, 3.8) is 0 Å². The monoisotopic (exact) mass is 194 g/mol. The Morgan fingerprint density at radius 3 is 2.50 bits per heavy atom. The Morgan fingerprint density at radius 1 is 1.43 bits per heavy atom. The van der Waals surface area contributed by atoms with Gasteiger partial charge in [0.1, 0.15) is 6.29 Å². The van der Waals surface area contributed by atoms with Crippen LogP contribution in [0.25, 0.3) is 0 Å². The maximum atomic E-state index is 10.5. The standard InChI is InChI=1S/C13H22O/c1-11(2)4-6-13(8-9-13)7-5-12(3)10-14/h4,10,12H,5-9H2,1-3H3. The Morgan fingerprint density at radius 2 is 2.07 bits per heavy atom. The van der Waals surface area contributed by atoms with Crippen LogP contribution in [-0.4, -0.2) is 6.29 Å². The van der Waals surface area contributed by atoms with E-state index in [1.54, 1.807) is 0 Å². The van der Waals surface area contributed by atoms with Crippen molar-refractivity contribution in [3.8, 4) is 0 Å². The third-order valence-corrected chi connectivity index (χ3v) is 3.26. The smallest absolute Gasteiger partial charge is 0.122 e. The molecule has 0 N–H and O–H groups in total. The first-order valence-electron chi connectivity index (χ1n) is 5.67. The number of carbonyl (C=O) groups excluding carboxylic acids is 1. The molecule has 1 heteroatoms. The van der Waals surface area contributed by atoms with E-state index in [1.807, 2.05) is 6.92 Å². The summed E-state index contributed by atoms with van der Waals surface area (Å²) in [5, 5.41) is 0. The molecular weight excluding hydrogens is 172 g/mol. The summed E-state index contributed by atoms with van der Waals surface area (Å²) in [7, 11) is 0. The molecular formula is C13H22O. The molecule has 0 aromatic heterocycles. The van der Waals surface area contributed by atoms with E-state index in [9.17, 15) is 4.79 Å². The first kappa shape index (κ1) is 11.5. The highest BCUT2D eigenvalue weighted by Crippen LogP contribution is 2.53. The summed E-state index contributed by atoms with van der Waals surface area (Å²) >= 11 is 0. The predicted octanol–water partition coefficient (Wildman–Crippen LogP) is 3.74. The molecule has 0 aromatic carbocycles. The fourth-order valence-corrected chi connectivity index (χ4v) is 1.76. The molecule has 1 unspecified atom stereocenters. The average Bonchev–Trinajstić information content (AvgIpc) is 2.92. The topological polar surface area (TPSA) is 17.1 Å². The van der Waals surface area contributed by atoms with E-state index < -0.39 is 0 Å². The fourth-order valence-electron chi connectivity index (χ4n) is 1.76. The molecule has 1 atom stereocenters. The highest BCUT2D eigenvalue weighted by atomic mass is 16.1. The zero-order valence-electron chi connectivity index (χ0n) is 9.68. The quantitative estimate of drug-likeness (QED) is 0.465. The summed E-state index contributed by atoms with van der Waals surface area (Å²) in [6.45, 7) is 6.33. The van der Waals surface area contributed by atoms with Crippen molar-refractivity contribution in [2.24, 2.45) is 11.3 Å². The third-order valence-electron chi connectivity index (χ3n) is 3.26. The van der Waals surface area contributed by atoms with Crippen LogP contribution in [0.1, 0.15) is 52.9 Å². The van der Waals surface area contributed by atoms with Gasteiger partial charge in [-0.3, -0.25) is 0 Å². The molecule has 1 saturated carbocycles. The number of aldehydes is 1. The van der Waals surface area contributed by atoms with Gasteiger partial charge in [0.15, 0.2) is 0 Å². The second-order valence-electron chi connectivity index (χ2n) is 5.14. The molecule has 0 bridgehead atoms. The van der Waals surface area contributed by atoms with Gasteiger partial charge in [-0.2, -0.15) is 0 Å². The maximum Gasteiger partial charge on any atom is 0.122 e. The summed E-state index contributed by atoms with van der Waals surface area (Å²) in [5.74, 6) is 0.249. The zero-order valence-corrected chi connectivity index (χ0v) is 9.68. The van der Waals surface area contributed by atoms with Crippen molar-refractivity contribution in [2.45, 2.75) is 52.9 Å². The summed E-state index contributed by atoms with van der Waals surface area (Å²) in [6.07, 6.45) is 9.68. The largest absolute Gasteiger partial charge is 0.303 e. The van der Waals surface area contributed by atoms with Gasteiger partial charge in [-0.25, -0.2) is 0 Å². The van der Waals surface area contributed by atoms with E-state index in [1.165, 1.54) is 31.3 Å². The van der Waals surface area contributed by atoms with Gasteiger partial charge in [0.25, 0.3) is 0 Å². The number of allylic oxidation sites excluding steroid dienone is 2. The fraction of sp³-hybridized carbons (Fsp3) is 0.769. The van der Waals surface area contributed by atoms with Gasteiger partial charge < -0.3 is 4.79 Å². The lowest BCUT2D eigenvalue weighted by atomic mass is 9.91. The Labute approximate surface area is 87.6 Å². The molecule has 0 spiro atoms. The number of rotatable bonds is 6. The number of hydrogen-bond donors (Lipinski definition) is 0. The van der Waals surface area contributed by atoms with Crippen molar-refractivity contribution in [2.75, 3.05) is 0 Å². The molecule has 1 fully saturated rings. The van der Waals surface area contributed by atoms with Crippen LogP contribution in [0.3, 0.4) is 0 Å². The summed E-state index contributed by atoms with van der Waals surface area (Å²) in [6, 6.07) is 0. The predicted molar refractivity (Wildman–Crippen MR) is 60.2 cm³/mol. The van der Waals surface area contributed by atoms with Crippen LogP contribution >= 0.6 is 0 Å². The lowest BCUT2D eigenvalue weighted by Crippen LogP contribution is -2.04. The molecule has 0 saturated heterocycles.